The van der Waals surface area contributed by atoms with E-state index in [0.29, 0.717) is 12.1 Å². The number of amides is 1. The van der Waals surface area contributed by atoms with Gasteiger partial charge in [-0.15, -0.1) is 24.8 Å². The van der Waals surface area contributed by atoms with Crippen molar-refractivity contribution in [2.75, 3.05) is 11.1 Å². The Balaban J connectivity index is 0.00000441. The van der Waals surface area contributed by atoms with E-state index in [2.05, 4.69) is 15.6 Å². The fourth-order valence-corrected chi connectivity index (χ4v) is 3.69. The average Bonchev–Trinajstić information content (AvgIpc) is 2.84. The SMILES string of the molecule is CC(C)Nc1ncc(-c2cc(N)cc(C(F)(F)F)c2)n(CC(=O)NCc2c(F)c(O)c(C(=N)N)c(F)c2F)c1=O.Cl.Cl. The van der Waals surface area contributed by atoms with Crippen LogP contribution in [0, 0.1) is 22.9 Å². The van der Waals surface area contributed by atoms with Gasteiger partial charge in [-0.1, -0.05) is 0 Å². The number of benzene rings is 2. The third kappa shape index (κ3) is 7.55. The van der Waals surface area contributed by atoms with Gasteiger partial charge in [-0.3, -0.25) is 19.6 Å². The number of nitrogens with one attached hydrogen (secondary N) is 3. The van der Waals surface area contributed by atoms with E-state index in [9.17, 15) is 41.0 Å². The van der Waals surface area contributed by atoms with Crippen LogP contribution in [0.15, 0.2) is 29.2 Å². The molecule has 18 heteroatoms. The molecule has 3 aromatic rings. The van der Waals surface area contributed by atoms with Gasteiger partial charge < -0.3 is 27.2 Å². The van der Waals surface area contributed by atoms with E-state index in [1.54, 1.807) is 13.8 Å². The van der Waals surface area contributed by atoms with Crippen LogP contribution in [-0.4, -0.2) is 32.4 Å². The number of phenols is 1. The van der Waals surface area contributed by atoms with Crippen LogP contribution in [-0.2, 0) is 24.1 Å². The Labute approximate surface area is 246 Å². The second kappa shape index (κ2) is 13.7. The van der Waals surface area contributed by atoms with Crippen LogP contribution >= 0.6 is 24.8 Å². The van der Waals surface area contributed by atoms with E-state index in [-0.39, 0.29) is 53.6 Å². The van der Waals surface area contributed by atoms with Crippen molar-refractivity contribution in [1.29, 1.82) is 5.41 Å². The lowest BCUT2D eigenvalue weighted by Gasteiger charge is -2.18. The zero-order valence-electron chi connectivity index (χ0n) is 21.7. The summed E-state index contributed by atoms with van der Waals surface area (Å²) in [7, 11) is 0. The van der Waals surface area contributed by atoms with Gasteiger partial charge in [-0.05, 0) is 32.0 Å². The highest BCUT2D eigenvalue weighted by Crippen LogP contribution is 2.34. The topological polar surface area (TPSA) is 172 Å². The molecule has 0 bridgehead atoms. The maximum absolute atomic E-state index is 14.5. The van der Waals surface area contributed by atoms with Gasteiger partial charge >= 0.3 is 6.18 Å². The number of carbonyl (C=O) groups excluding carboxylic acids is 1. The number of nitrogens with zero attached hydrogens (tertiary/aromatic N) is 2. The van der Waals surface area contributed by atoms with Crippen LogP contribution in [0.5, 0.6) is 5.75 Å². The molecule has 1 aromatic heterocycles. The van der Waals surface area contributed by atoms with Crippen LogP contribution in [0.3, 0.4) is 0 Å². The molecular formula is C24H25Cl2F6N7O3. The molecule has 0 aliphatic carbocycles. The largest absolute Gasteiger partial charge is 0.504 e. The number of nitrogens with two attached hydrogens (primary N) is 2. The second-order valence-corrected chi connectivity index (χ2v) is 8.86. The average molecular weight is 644 g/mol. The van der Waals surface area contributed by atoms with Crippen LogP contribution in [0.4, 0.5) is 37.8 Å². The quantitative estimate of drug-likeness (QED) is 0.0710. The van der Waals surface area contributed by atoms with E-state index in [1.165, 1.54) is 0 Å². The van der Waals surface area contributed by atoms with Crippen LogP contribution in [0.2, 0.25) is 0 Å². The summed E-state index contributed by atoms with van der Waals surface area (Å²) in [6.45, 7) is 1.47. The Hall–Kier alpha value is -4.18. The first-order valence-electron chi connectivity index (χ1n) is 11.4. The molecule has 0 aliphatic rings. The molecule has 0 saturated carbocycles. The van der Waals surface area contributed by atoms with Gasteiger partial charge in [-0.2, -0.15) is 13.2 Å². The summed E-state index contributed by atoms with van der Waals surface area (Å²) in [5.74, 6) is -9.24. The standard InChI is InChI=1S/C24H23F6N7O3.2ClH/c1-9(2)36-22-23(40)37(14(7-35-22)10-3-11(24(28,29)30)5-12(31)4-10)8-15(38)34-6-13-17(25)19(27)16(21(32)33)20(39)18(13)26;;/h3-5,7,9,39H,6,8,31H2,1-2H3,(H3,32,33)(H,34,38)(H,35,36);2*1H. The minimum atomic E-state index is -4.79. The Kier molecular flexibility index (Phi) is 11.7. The summed E-state index contributed by atoms with van der Waals surface area (Å²) >= 11 is 0. The van der Waals surface area contributed by atoms with Gasteiger partial charge in [0.05, 0.1) is 23.0 Å². The van der Waals surface area contributed by atoms with Crippen molar-refractivity contribution in [3.8, 4) is 17.0 Å². The molecule has 10 nitrogen and oxygen atoms in total. The van der Waals surface area contributed by atoms with Crippen molar-refractivity contribution >= 4 is 48.1 Å². The normalized spacial score (nSPS) is 11.0. The minimum absolute atomic E-state index is 0. The number of amidine groups is 1. The number of hydrogen-bond acceptors (Lipinski definition) is 7. The molecular weight excluding hydrogens is 619 g/mol. The van der Waals surface area contributed by atoms with Gasteiger partial charge in [0.1, 0.15) is 12.4 Å². The summed E-state index contributed by atoms with van der Waals surface area (Å²) in [5, 5.41) is 21.8. The molecule has 0 spiro atoms. The van der Waals surface area contributed by atoms with E-state index in [0.717, 1.165) is 16.8 Å². The van der Waals surface area contributed by atoms with Crippen LogP contribution < -0.4 is 27.7 Å². The molecule has 3 rings (SSSR count). The second-order valence-electron chi connectivity index (χ2n) is 8.86. The molecule has 0 aliphatic heterocycles. The molecule has 0 fully saturated rings. The molecule has 8 N–H and O–H groups in total. The van der Waals surface area contributed by atoms with Gasteiger partial charge in [0, 0.05) is 29.4 Å². The number of nitrogen functional groups attached to an aromatic ring is 2. The number of hydrogen-bond donors (Lipinski definition) is 6. The van der Waals surface area contributed by atoms with Crippen molar-refractivity contribution in [2.24, 2.45) is 5.73 Å². The molecule has 0 radical (unpaired) electrons. The highest BCUT2D eigenvalue weighted by Gasteiger charge is 2.32. The summed E-state index contributed by atoms with van der Waals surface area (Å²) in [6, 6.07) is 2.20. The van der Waals surface area contributed by atoms with Gasteiger partial charge in [0.2, 0.25) is 5.91 Å². The molecule has 230 valence electrons. The highest BCUT2D eigenvalue weighted by molar-refractivity contribution is 5.98. The van der Waals surface area contributed by atoms with E-state index in [4.69, 9.17) is 16.9 Å². The first-order chi connectivity index (χ1) is 18.5. The molecule has 0 saturated heterocycles. The Morgan fingerprint density at radius 3 is 2.29 bits per heavy atom. The predicted molar refractivity (Wildman–Crippen MR) is 147 cm³/mol. The number of phenolic OH excluding ortho intramolecular Hbond substituents is 1. The summed E-state index contributed by atoms with van der Waals surface area (Å²) in [5.41, 5.74) is 5.58. The predicted octanol–water partition coefficient (Wildman–Crippen LogP) is 3.90. The number of aromatic hydroxyl groups is 1. The van der Waals surface area contributed by atoms with Crippen molar-refractivity contribution in [3.05, 3.63) is 68.9 Å². The summed E-state index contributed by atoms with van der Waals surface area (Å²) in [6.07, 6.45) is -3.74. The maximum Gasteiger partial charge on any atom is 0.416 e. The van der Waals surface area contributed by atoms with E-state index >= 15 is 0 Å². The number of rotatable bonds is 8. The van der Waals surface area contributed by atoms with Gasteiger partial charge in [-0.25, -0.2) is 18.2 Å². The maximum atomic E-state index is 14.5. The van der Waals surface area contributed by atoms with Crippen LogP contribution in [0.25, 0.3) is 11.3 Å². The van der Waals surface area contributed by atoms with Crippen LogP contribution in [0.1, 0.15) is 30.5 Å². The molecule has 42 heavy (non-hydrogen) atoms. The molecule has 1 amide bonds. The Bertz CT molecular complexity index is 1540. The monoisotopic (exact) mass is 643 g/mol. The fraction of sp³-hybridized carbons (Fsp3) is 0.250. The lowest BCUT2D eigenvalue weighted by molar-refractivity contribution is -0.137. The van der Waals surface area contributed by atoms with Crippen molar-refractivity contribution < 1.29 is 36.2 Å². The lowest BCUT2D eigenvalue weighted by atomic mass is 10.1. The van der Waals surface area contributed by atoms with E-state index in [1.807, 2.05) is 0 Å². The molecule has 2 aromatic carbocycles. The fourth-order valence-electron chi connectivity index (χ4n) is 3.69. The number of alkyl halides is 3. The minimum Gasteiger partial charge on any atom is -0.504 e. The lowest BCUT2D eigenvalue weighted by Crippen LogP contribution is -2.35. The Morgan fingerprint density at radius 2 is 1.74 bits per heavy atom. The first kappa shape index (κ1) is 35.8. The van der Waals surface area contributed by atoms with E-state index < -0.39 is 76.5 Å². The third-order valence-corrected chi connectivity index (χ3v) is 5.48. The summed E-state index contributed by atoms with van der Waals surface area (Å²) in [4.78, 5) is 29.8. The first-order valence-corrected chi connectivity index (χ1v) is 11.4. The number of anilines is 2. The number of carbonyl (C=O) groups is 1. The zero-order valence-corrected chi connectivity index (χ0v) is 23.3. The van der Waals surface area contributed by atoms with Crippen molar-refractivity contribution in [1.82, 2.24) is 14.9 Å². The van der Waals surface area contributed by atoms with Gasteiger partial charge in [0.15, 0.2) is 29.0 Å². The van der Waals surface area contributed by atoms with Crippen molar-refractivity contribution in [2.45, 2.75) is 39.2 Å². The summed E-state index contributed by atoms with van der Waals surface area (Å²) < 4.78 is 84.1. The van der Waals surface area contributed by atoms with Gasteiger partial charge in [0.25, 0.3) is 5.56 Å². The molecule has 0 unspecified atom stereocenters. The van der Waals surface area contributed by atoms with Crippen molar-refractivity contribution in [3.63, 3.8) is 0 Å². The third-order valence-electron chi connectivity index (χ3n) is 5.48. The highest BCUT2D eigenvalue weighted by atomic mass is 35.5. The molecule has 1 heterocycles. The number of aromatic nitrogens is 2. The molecule has 0 atom stereocenters. The Morgan fingerprint density at radius 1 is 1.12 bits per heavy atom. The zero-order chi connectivity index (χ0) is 30.1. The smallest absolute Gasteiger partial charge is 0.416 e. The number of halogens is 8.